The minimum atomic E-state index is -0.933. The molecule has 11 heavy (non-hydrogen) atoms. The Morgan fingerprint density at radius 3 is 2.36 bits per heavy atom. The van der Waals surface area contributed by atoms with E-state index in [-0.39, 0.29) is 22.4 Å². The SMILES string of the molecule is NCCCC[C@H](N)C(=O)O.[Au]. The summed E-state index contributed by atoms with van der Waals surface area (Å²) >= 11 is 0. The standard InChI is InChI=1S/C6H14N2O2.Au/c7-4-2-1-3-5(8)6(9)10;/h5H,1-4,7-8H2,(H,9,10);/t5-;/m0./s1. The number of carboxylic acid groups (broad SMARTS) is 1. The molecule has 0 amide bonds. The number of aliphatic carboxylic acids is 1. The Kier molecular flexibility index (Phi) is 10.3. The summed E-state index contributed by atoms with van der Waals surface area (Å²) in [6, 6.07) is -0.716. The van der Waals surface area contributed by atoms with Crippen LogP contribution >= 0.6 is 0 Å². The van der Waals surface area contributed by atoms with Gasteiger partial charge in [-0.15, -0.1) is 0 Å². The van der Waals surface area contributed by atoms with Gasteiger partial charge in [0.1, 0.15) is 6.04 Å². The van der Waals surface area contributed by atoms with Crippen molar-refractivity contribution in [2.24, 2.45) is 11.5 Å². The van der Waals surface area contributed by atoms with E-state index in [0.29, 0.717) is 13.0 Å². The second-order valence-corrected chi connectivity index (χ2v) is 2.23. The fraction of sp³-hybridized carbons (Fsp3) is 0.833. The first-order chi connectivity index (χ1) is 4.68. The van der Waals surface area contributed by atoms with Crippen molar-refractivity contribution in [3.05, 3.63) is 0 Å². The molecule has 71 valence electrons. The van der Waals surface area contributed by atoms with E-state index in [4.69, 9.17) is 16.6 Å². The molecule has 5 N–H and O–H groups in total. The molecule has 0 aliphatic rings. The first-order valence-electron chi connectivity index (χ1n) is 3.37. The van der Waals surface area contributed by atoms with E-state index >= 15 is 0 Å². The maximum absolute atomic E-state index is 10.1. The van der Waals surface area contributed by atoms with Crippen LogP contribution in [-0.4, -0.2) is 23.7 Å². The molecule has 0 bridgehead atoms. The van der Waals surface area contributed by atoms with Gasteiger partial charge in [-0.05, 0) is 19.4 Å². The summed E-state index contributed by atoms with van der Waals surface area (Å²) in [4.78, 5) is 10.1. The number of nitrogens with two attached hydrogens (primary N) is 2. The molecular weight excluding hydrogens is 329 g/mol. The molecular formula is C6H14AuN2O2. The first-order valence-corrected chi connectivity index (χ1v) is 3.37. The smallest absolute Gasteiger partial charge is 0.320 e. The minimum Gasteiger partial charge on any atom is -0.480 e. The number of rotatable bonds is 5. The zero-order valence-corrected chi connectivity index (χ0v) is 8.38. The van der Waals surface area contributed by atoms with Gasteiger partial charge in [-0.3, -0.25) is 4.79 Å². The van der Waals surface area contributed by atoms with Gasteiger partial charge >= 0.3 is 5.97 Å². The van der Waals surface area contributed by atoms with E-state index in [0.717, 1.165) is 12.8 Å². The second kappa shape index (κ2) is 8.23. The van der Waals surface area contributed by atoms with E-state index in [9.17, 15) is 4.79 Å². The Balaban J connectivity index is 0. The summed E-state index contributed by atoms with van der Waals surface area (Å²) in [5, 5.41) is 8.33. The van der Waals surface area contributed by atoms with Gasteiger partial charge in [0, 0.05) is 22.4 Å². The van der Waals surface area contributed by atoms with Crippen molar-refractivity contribution in [1.82, 2.24) is 0 Å². The van der Waals surface area contributed by atoms with Gasteiger partial charge in [-0.2, -0.15) is 0 Å². The monoisotopic (exact) mass is 343 g/mol. The molecule has 0 rings (SSSR count). The maximum Gasteiger partial charge on any atom is 0.320 e. The van der Waals surface area contributed by atoms with Gasteiger partial charge in [0.25, 0.3) is 0 Å². The summed E-state index contributed by atoms with van der Waals surface area (Å²) < 4.78 is 0. The average Bonchev–Trinajstić information content (AvgIpc) is 1.88. The molecule has 0 aliphatic heterocycles. The van der Waals surface area contributed by atoms with Crippen LogP contribution in [0.5, 0.6) is 0 Å². The minimum absolute atomic E-state index is 0. The topological polar surface area (TPSA) is 89.3 Å². The van der Waals surface area contributed by atoms with Crippen molar-refractivity contribution in [3.8, 4) is 0 Å². The van der Waals surface area contributed by atoms with Crippen LogP contribution in [0, 0.1) is 0 Å². The summed E-state index contributed by atoms with van der Waals surface area (Å²) in [5.41, 5.74) is 10.4. The van der Waals surface area contributed by atoms with E-state index in [1.165, 1.54) is 0 Å². The second-order valence-electron chi connectivity index (χ2n) is 2.23. The van der Waals surface area contributed by atoms with Crippen LogP contribution in [0.4, 0.5) is 0 Å². The van der Waals surface area contributed by atoms with Crippen molar-refractivity contribution >= 4 is 5.97 Å². The number of hydrogen-bond donors (Lipinski definition) is 3. The Bertz CT molecular complexity index is 111. The van der Waals surface area contributed by atoms with Crippen LogP contribution < -0.4 is 11.5 Å². The van der Waals surface area contributed by atoms with E-state index in [2.05, 4.69) is 0 Å². The van der Waals surface area contributed by atoms with Crippen molar-refractivity contribution < 1.29 is 32.3 Å². The van der Waals surface area contributed by atoms with Crippen molar-refractivity contribution in [3.63, 3.8) is 0 Å². The summed E-state index contributed by atoms with van der Waals surface area (Å²) in [5.74, 6) is -0.933. The van der Waals surface area contributed by atoms with Crippen LogP contribution in [0.1, 0.15) is 19.3 Å². The molecule has 0 saturated carbocycles. The van der Waals surface area contributed by atoms with Gasteiger partial charge in [-0.1, -0.05) is 6.42 Å². The maximum atomic E-state index is 10.1. The van der Waals surface area contributed by atoms with Crippen LogP contribution in [0.15, 0.2) is 0 Å². The molecule has 4 nitrogen and oxygen atoms in total. The van der Waals surface area contributed by atoms with Gasteiger partial charge in [0.2, 0.25) is 0 Å². The van der Waals surface area contributed by atoms with Crippen LogP contribution in [-0.2, 0) is 27.2 Å². The molecule has 1 atom stereocenters. The quantitative estimate of drug-likeness (QED) is 0.465. The summed E-state index contributed by atoms with van der Waals surface area (Å²) in [6.07, 6.45) is 2.16. The average molecular weight is 343 g/mol. The van der Waals surface area contributed by atoms with E-state index < -0.39 is 12.0 Å². The molecule has 0 spiro atoms. The van der Waals surface area contributed by atoms with Crippen LogP contribution in [0.25, 0.3) is 0 Å². The third-order valence-corrected chi connectivity index (χ3v) is 1.29. The summed E-state index contributed by atoms with van der Waals surface area (Å²) in [6.45, 7) is 0.604. The van der Waals surface area contributed by atoms with Crippen molar-refractivity contribution in [2.75, 3.05) is 6.54 Å². The van der Waals surface area contributed by atoms with Gasteiger partial charge in [-0.25, -0.2) is 0 Å². The predicted molar refractivity (Wildman–Crippen MR) is 38.5 cm³/mol. The van der Waals surface area contributed by atoms with Crippen molar-refractivity contribution in [1.29, 1.82) is 0 Å². The predicted octanol–water partition coefficient (Wildman–Crippen LogP) is -0.475. The molecule has 0 aliphatic carbocycles. The van der Waals surface area contributed by atoms with Gasteiger partial charge < -0.3 is 16.6 Å². The molecule has 0 aromatic carbocycles. The van der Waals surface area contributed by atoms with E-state index in [1.807, 2.05) is 0 Å². The molecule has 0 saturated heterocycles. The van der Waals surface area contributed by atoms with E-state index in [1.54, 1.807) is 0 Å². The Labute approximate surface area is 81.8 Å². The van der Waals surface area contributed by atoms with Crippen LogP contribution in [0.2, 0.25) is 0 Å². The molecule has 0 aromatic heterocycles. The third kappa shape index (κ3) is 8.03. The largest absolute Gasteiger partial charge is 0.480 e. The zero-order valence-electron chi connectivity index (χ0n) is 6.22. The number of carboxylic acids is 1. The van der Waals surface area contributed by atoms with Crippen molar-refractivity contribution in [2.45, 2.75) is 25.3 Å². The Morgan fingerprint density at radius 1 is 1.45 bits per heavy atom. The molecule has 0 unspecified atom stereocenters. The molecule has 5 heteroatoms. The van der Waals surface area contributed by atoms with Crippen LogP contribution in [0.3, 0.4) is 0 Å². The zero-order chi connectivity index (χ0) is 7.98. The molecule has 1 radical (unpaired) electrons. The molecule has 0 aromatic rings. The van der Waals surface area contributed by atoms with Gasteiger partial charge in [0.15, 0.2) is 0 Å². The fourth-order valence-corrected chi connectivity index (χ4v) is 0.632. The number of hydrogen-bond acceptors (Lipinski definition) is 3. The van der Waals surface area contributed by atoms with Gasteiger partial charge in [0.05, 0.1) is 0 Å². The number of unbranched alkanes of at least 4 members (excludes halogenated alkanes) is 1. The Hall–Kier alpha value is 0.130. The molecule has 0 heterocycles. The number of carbonyl (C=O) groups is 1. The third-order valence-electron chi connectivity index (χ3n) is 1.29. The molecule has 0 fully saturated rings. The fourth-order valence-electron chi connectivity index (χ4n) is 0.632. The normalized spacial score (nSPS) is 11.8. The Morgan fingerprint density at radius 2 is 2.00 bits per heavy atom. The first kappa shape index (κ1) is 13.7. The summed E-state index contributed by atoms with van der Waals surface area (Å²) in [7, 11) is 0.